The van der Waals surface area contributed by atoms with Crippen molar-refractivity contribution in [3.8, 4) is 0 Å². The third-order valence-corrected chi connectivity index (χ3v) is 5.20. The normalized spacial score (nSPS) is 19.4. The van der Waals surface area contributed by atoms with Crippen LogP contribution < -0.4 is 5.32 Å². The highest BCUT2D eigenvalue weighted by Gasteiger charge is 2.50. The van der Waals surface area contributed by atoms with E-state index < -0.39 is 0 Å². The van der Waals surface area contributed by atoms with E-state index in [2.05, 4.69) is 5.32 Å². The van der Waals surface area contributed by atoms with Gasteiger partial charge in [-0.05, 0) is 38.3 Å². The molecule has 142 valence electrons. The summed E-state index contributed by atoms with van der Waals surface area (Å²) in [7, 11) is 0. The smallest absolute Gasteiger partial charge is 0.227 e. The number of benzene rings is 2. The minimum absolute atomic E-state index is 0.0203. The zero-order valence-electron chi connectivity index (χ0n) is 16.3. The van der Waals surface area contributed by atoms with Gasteiger partial charge in [-0.2, -0.15) is 0 Å². The summed E-state index contributed by atoms with van der Waals surface area (Å²) in [6.07, 6.45) is 0.643. The quantitative estimate of drug-likeness (QED) is 0.809. The highest BCUT2D eigenvalue weighted by Crippen LogP contribution is 2.41. The first kappa shape index (κ1) is 19.2. The first-order valence-electron chi connectivity index (χ1n) is 9.67. The SMILES string of the molecule is CC(NC(=O)C1CC1C(=O)N(Cc1ccccc1)C(C)C)c1ccccc1. The number of hydrogen-bond donors (Lipinski definition) is 1. The Morgan fingerprint density at radius 2 is 1.56 bits per heavy atom. The summed E-state index contributed by atoms with van der Waals surface area (Å²) in [6.45, 7) is 6.61. The molecule has 3 rings (SSSR count). The van der Waals surface area contributed by atoms with Crippen LogP contribution in [0.1, 0.15) is 44.4 Å². The van der Waals surface area contributed by atoms with Crippen molar-refractivity contribution < 1.29 is 9.59 Å². The maximum absolute atomic E-state index is 13.0. The first-order valence-corrected chi connectivity index (χ1v) is 9.67. The van der Waals surface area contributed by atoms with Crippen molar-refractivity contribution in [3.63, 3.8) is 0 Å². The van der Waals surface area contributed by atoms with Crippen molar-refractivity contribution in [1.29, 1.82) is 0 Å². The van der Waals surface area contributed by atoms with Crippen LogP contribution >= 0.6 is 0 Å². The molecule has 1 aliphatic carbocycles. The lowest BCUT2D eigenvalue weighted by molar-refractivity contribution is -0.137. The molecule has 0 aliphatic heterocycles. The number of amides is 2. The average Bonchev–Trinajstić information content (AvgIpc) is 3.48. The summed E-state index contributed by atoms with van der Waals surface area (Å²) in [4.78, 5) is 27.4. The van der Waals surface area contributed by atoms with E-state index in [1.165, 1.54) is 0 Å². The van der Waals surface area contributed by atoms with Gasteiger partial charge in [0.25, 0.3) is 0 Å². The van der Waals surface area contributed by atoms with Gasteiger partial charge < -0.3 is 10.2 Å². The zero-order valence-corrected chi connectivity index (χ0v) is 16.3. The van der Waals surface area contributed by atoms with Gasteiger partial charge in [-0.1, -0.05) is 60.7 Å². The maximum Gasteiger partial charge on any atom is 0.227 e. The number of nitrogens with one attached hydrogen (secondary N) is 1. The molecule has 0 radical (unpaired) electrons. The number of rotatable bonds is 7. The maximum atomic E-state index is 13.0. The molecule has 2 aromatic carbocycles. The minimum Gasteiger partial charge on any atom is -0.349 e. The fourth-order valence-electron chi connectivity index (χ4n) is 3.41. The van der Waals surface area contributed by atoms with E-state index in [1.54, 1.807) is 0 Å². The van der Waals surface area contributed by atoms with Crippen molar-refractivity contribution >= 4 is 11.8 Å². The Kier molecular flexibility index (Phi) is 5.94. The summed E-state index contributed by atoms with van der Waals surface area (Å²) < 4.78 is 0. The largest absolute Gasteiger partial charge is 0.349 e. The van der Waals surface area contributed by atoms with E-state index in [-0.39, 0.29) is 35.7 Å². The summed E-state index contributed by atoms with van der Waals surface area (Å²) in [6, 6.07) is 19.9. The van der Waals surface area contributed by atoms with E-state index in [0.29, 0.717) is 13.0 Å². The van der Waals surface area contributed by atoms with E-state index in [1.807, 2.05) is 86.3 Å². The molecular weight excluding hydrogens is 336 g/mol. The van der Waals surface area contributed by atoms with E-state index in [4.69, 9.17) is 0 Å². The lowest BCUT2D eigenvalue weighted by atomic mass is 10.1. The van der Waals surface area contributed by atoms with Crippen molar-refractivity contribution in [2.75, 3.05) is 0 Å². The van der Waals surface area contributed by atoms with Crippen LogP contribution in [0.25, 0.3) is 0 Å². The number of nitrogens with zero attached hydrogens (tertiary/aromatic N) is 1. The second-order valence-electron chi connectivity index (χ2n) is 7.64. The third-order valence-electron chi connectivity index (χ3n) is 5.20. The van der Waals surface area contributed by atoms with Crippen LogP contribution in [-0.2, 0) is 16.1 Å². The molecule has 1 aliphatic rings. The second kappa shape index (κ2) is 8.38. The third kappa shape index (κ3) is 4.76. The van der Waals surface area contributed by atoms with Crippen LogP contribution in [0.4, 0.5) is 0 Å². The lowest BCUT2D eigenvalue weighted by Gasteiger charge is -2.27. The molecule has 4 heteroatoms. The molecule has 4 nitrogen and oxygen atoms in total. The van der Waals surface area contributed by atoms with Gasteiger partial charge in [0.05, 0.1) is 17.9 Å². The standard InChI is InChI=1S/C23H28N2O2/c1-16(2)25(15-18-10-6-4-7-11-18)23(27)21-14-20(21)22(26)24-17(3)19-12-8-5-9-13-19/h4-13,16-17,20-21H,14-15H2,1-3H3,(H,24,26). The van der Waals surface area contributed by atoms with Crippen LogP contribution in [0.3, 0.4) is 0 Å². The fourth-order valence-corrected chi connectivity index (χ4v) is 3.41. The van der Waals surface area contributed by atoms with Gasteiger partial charge in [0.15, 0.2) is 0 Å². The summed E-state index contributed by atoms with van der Waals surface area (Å²) in [5, 5.41) is 3.05. The number of hydrogen-bond acceptors (Lipinski definition) is 2. The molecule has 0 bridgehead atoms. The Morgan fingerprint density at radius 3 is 2.15 bits per heavy atom. The zero-order chi connectivity index (χ0) is 19.4. The van der Waals surface area contributed by atoms with E-state index in [0.717, 1.165) is 11.1 Å². The Balaban J connectivity index is 1.58. The molecule has 3 unspecified atom stereocenters. The predicted octanol–water partition coefficient (Wildman–Crippen LogP) is 3.94. The Labute approximate surface area is 161 Å². The number of carbonyl (C=O) groups excluding carboxylic acids is 2. The van der Waals surface area contributed by atoms with E-state index >= 15 is 0 Å². The molecule has 1 N–H and O–H groups in total. The van der Waals surface area contributed by atoms with Gasteiger partial charge in [-0.3, -0.25) is 9.59 Å². The highest BCUT2D eigenvalue weighted by atomic mass is 16.2. The molecule has 3 atom stereocenters. The second-order valence-corrected chi connectivity index (χ2v) is 7.64. The van der Waals surface area contributed by atoms with Crippen molar-refractivity contribution in [2.24, 2.45) is 11.8 Å². The van der Waals surface area contributed by atoms with Gasteiger partial charge in [-0.15, -0.1) is 0 Å². The van der Waals surface area contributed by atoms with Crippen molar-refractivity contribution in [3.05, 3.63) is 71.8 Å². The average molecular weight is 364 g/mol. The predicted molar refractivity (Wildman–Crippen MR) is 107 cm³/mol. The molecule has 0 aromatic heterocycles. The highest BCUT2D eigenvalue weighted by molar-refractivity contribution is 5.92. The van der Waals surface area contributed by atoms with Gasteiger partial charge in [0, 0.05) is 12.6 Å². The fraction of sp³-hybridized carbons (Fsp3) is 0.391. The van der Waals surface area contributed by atoms with Crippen LogP contribution in [0.5, 0.6) is 0 Å². The van der Waals surface area contributed by atoms with Gasteiger partial charge in [0.2, 0.25) is 11.8 Å². The molecular formula is C23H28N2O2. The molecule has 2 aromatic rings. The van der Waals surface area contributed by atoms with Crippen LogP contribution in [-0.4, -0.2) is 22.8 Å². The van der Waals surface area contributed by atoms with Crippen LogP contribution in [0, 0.1) is 11.8 Å². The van der Waals surface area contributed by atoms with Gasteiger partial charge in [0.1, 0.15) is 0 Å². The summed E-state index contributed by atoms with van der Waals surface area (Å²) in [5.41, 5.74) is 2.18. The molecule has 0 spiro atoms. The lowest BCUT2D eigenvalue weighted by Crippen LogP contribution is -2.38. The monoisotopic (exact) mass is 364 g/mol. The molecule has 0 saturated heterocycles. The van der Waals surface area contributed by atoms with E-state index in [9.17, 15) is 9.59 Å². The molecule has 27 heavy (non-hydrogen) atoms. The molecule has 2 amide bonds. The van der Waals surface area contributed by atoms with Gasteiger partial charge >= 0.3 is 0 Å². The Bertz CT molecular complexity index is 773. The minimum atomic E-state index is -0.208. The summed E-state index contributed by atoms with van der Waals surface area (Å²) in [5.74, 6) is -0.339. The Morgan fingerprint density at radius 1 is 0.963 bits per heavy atom. The number of carbonyl (C=O) groups is 2. The summed E-state index contributed by atoms with van der Waals surface area (Å²) >= 11 is 0. The van der Waals surface area contributed by atoms with Crippen LogP contribution in [0.2, 0.25) is 0 Å². The Hall–Kier alpha value is -2.62. The van der Waals surface area contributed by atoms with Gasteiger partial charge in [-0.25, -0.2) is 0 Å². The molecule has 1 fully saturated rings. The van der Waals surface area contributed by atoms with Crippen LogP contribution in [0.15, 0.2) is 60.7 Å². The van der Waals surface area contributed by atoms with Crippen molar-refractivity contribution in [1.82, 2.24) is 10.2 Å². The topological polar surface area (TPSA) is 49.4 Å². The first-order chi connectivity index (χ1) is 13.0. The molecule has 1 saturated carbocycles. The molecule has 0 heterocycles. The van der Waals surface area contributed by atoms with Crippen molar-refractivity contribution in [2.45, 2.75) is 45.8 Å².